The molecule has 0 radical (unpaired) electrons. The lowest BCUT2D eigenvalue weighted by molar-refractivity contribution is -0.122. The Hall–Kier alpha value is -2.97. The van der Waals surface area contributed by atoms with Crippen LogP contribution in [0, 0.1) is 6.92 Å². The maximum Gasteiger partial charge on any atom is 0.251 e. The van der Waals surface area contributed by atoms with Crippen molar-refractivity contribution in [2.45, 2.75) is 76.7 Å². The molecule has 0 bridgehead atoms. The molecule has 0 atom stereocenters. The van der Waals surface area contributed by atoms with E-state index in [1.807, 2.05) is 52.0 Å². The topological polar surface area (TPSA) is 104 Å². The van der Waals surface area contributed by atoms with Gasteiger partial charge in [-0.15, -0.1) is 0 Å². The van der Waals surface area contributed by atoms with E-state index in [1.165, 1.54) is 0 Å². The summed E-state index contributed by atoms with van der Waals surface area (Å²) in [5.74, 6) is 0.141. The number of likely N-dealkylation sites (tertiary alicyclic amines) is 1. The van der Waals surface area contributed by atoms with Gasteiger partial charge >= 0.3 is 0 Å². The van der Waals surface area contributed by atoms with Gasteiger partial charge < -0.3 is 20.5 Å². The molecule has 2 fully saturated rings. The van der Waals surface area contributed by atoms with E-state index in [1.54, 1.807) is 18.3 Å². The van der Waals surface area contributed by atoms with Crippen molar-refractivity contribution in [2.75, 3.05) is 19.6 Å². The third-order valence-corrected chi connectivity index (χ3v) is 6.95. The van der Waals surface area contributed by atoms with Crippen LogP contribution in [0.2, 0.25) is 0 Å². The maximum absolute atomic E-state index is 12.3. The number of carbonyl (C=O) groups is 2. The van der Waals surface area contributed by atoms with Crippen LogP contribution >= 0.6 is 0 Å². The van der Waals surface area contributed by atoms with Crippen LogP contribution in [-0.4, -0.2) is 64.1 Å². The number of aryl methyl sites for hydroxylation is 1. The van der Waals surface area contributed by atoms with Crippen molar-refractivity contribution < 1.29 is 19.4 Å². The van der Waals surface area contributed by atoms with Gasteiger partial charge in [0.2, 0.25) is 11.8 Å². The fourth-order valence-corrected chi connectivity index (χ4v) is 4.99. The summed E-state index contributed by atoms with van der Waals surface area (Å²) in [6, 6.07) is 11.5. The Balaban J connectivity index is 1.17. The largest absolute Gasteiger partial charge is 0.472 e. The van der Waals surface area contributed by atoms with E-state index in [9.17, 15) is 14.7 Å². The number of carbonyl (C=O) groups excluding carboxylic acids is 2. The zero-order chi connectivity index (χ0) is 25.9. The molecule has 1 saturated heterocycles. The number of aliphatic hydroxyl groups is 1. The lowest BCUT2D eigenvalue weighted by Crippen LogP contribution is -2.63. The Morgan fingerprint density at radius 2 is 1.89 bits per heavy atom. The van der Waals surface area contributed by atoms with E-state index in [4.69, 9.17) is 4.74 Å². The second-order valence-corrected chi connectivity index (χ2v) is 11.1. The molecule has 1 aliphatic heterocycles. The smallest absolute Gasteiger partial charge is 0.251 e. The molecule has 1 aliphatic carbocycles. The lowest BCUT2D eigenvalue weighted by atomic mass is 9.77. The second kappa shape index (κ2) is 10.6. The third kappa shape index (κ3) is 6.62. The quantitative estimate of drug-likeness (QED) is 0.547. The second-order valence-electron chi connectivity index (χ2n) is 11.1. The minimum Gasteiger partial charge on any atom is -0.472 e. The molecule has 2 aromatic rings. The molecule has 36 heavy (non-hydrogen) atoms. The first-order chi connectivity index (χ1) is 17.0. The number of ether oxygens (including phenoxy) is 1. The van der Waals surface area contributed by atoms with E-state index >= 15 is 0 Å². The number of amides is 2. The number of pyridine rings is 1. The van der Waals surface area contributed by atoms with E-state index in [2.05, 4.69) is 20.5 Å². The van der Waals surface area contributed by atoms with Gasteiger partial charge in [-0.1, -0.05) is 17.7 Å². The van der Waals surface area contributed by atoms with Crippen LogP contribution in [0.4, 0.5) is 0 Å². The Morgan fingerprint density at radius 1 is 1.17 bits per heavy atom. The van der Waals surface area contributed by atoms with Crippen LogP contribution in [0.1, 0.15) is 67.9 Å². The number of benzene rings is 1. The number of nitrogens with zero attached hydrogens (tertiary/aromatic N) is 2. The van der Waals surface area contributed by atoms with E-state index in [0.29, 0.717) is 30.3 Å². The highest BCUT2D eigenvalue weighted by Crippen LogP contribution is 2.39. The monoisotopic (exact) mass is 494 g/mol. The Labute approximate surface area is 213 Å². The fourth-order valence-electron chi connectivity index (χ4n) is 4.99. The highest BCUT2D eigenvalue weighted by atomic mass is 16.5. The summed E-state index contributed by atoms with van der Waals surface area (Å²) < 4.78 is 5.79. The summed E-state index contributed by atoms with van der Waals surface area (Å²) in [6.07, 6.45) is 4.87. The minimum absolute atomic E-state index is 0.0344. The van der Waals surface area contributed by atoms with Crippen LogP contribution in [0.15, 0.2) is 42.6 Å². The van der Waals surface area contributed by atoms with Crippen LogP contribution in [-0.2, 0) is 10.4 Å². The van der Waals surface area contributed by atoms with Crippen LogP contribution < -0.4 is 15.4 Å². The number of hydrogen-bond acceptors (Lipinski definition) is 6. The molecule has 194 valence electrons. The van der Waals surface area contributed by atoms with E-state index in [-0.39, 0.29) is 30.0 Å². The molecule has 0 spiro atoms. The first kappa shape index (κ1) is 26.1. The number of hydrogen-bond donors (Lipinski definition) is 3. The van der Waals surface area contributed by atoms with E-state index < -0.39 is 5.60 Å². The number of aromatic nitrogens is 1. The van der Waals surface area contributed by atoms with Gasteiger partial charge in [0.25, 0.3) is 5.91 Å². The SMILES string of the molecule is Cc1cccc(C(=O)NCC(=O)NC2CN(C3CCC(O)(c4ccc(OC(C)(C)C)nc4)CC3)C2)c1. The van der Waals surface area contributed by atoms with Crippen molar-refractivity contribution in [1.29, 1.82) is 0 Å². The molecule has 2 aliphatic rings. The molecule has 2 heterocycles. The van der Waals surface area contributed by atoms with Gasteiger partial charge in [0.05, 0.1) is 18.2 Å². The number of rotatable bonds is 7. The van der Waals surface area contributed by atoms with Gasteiger partial charge in [0.1, 0.15) is 5.60 Å². The molecular formula is C28H38N4O4. The van der Waals surface area contributed by atoms with Crippen molar-refractivity contribution >= 4 is 11.8 Å². The average Bonchev–Trinajstić information content (AvgIpc) is 2.80. The summed E-state index contributed by atoms with van der Waals surface area (Å²) in [7, 11) is 0. The molecule has 3 N–H and O–H groups in total. The molecule has 8 nitrogen and oxygen atoms in total. The summed E-state index contributed by atoms with van der Waals surface area (Å²) in [5.41, 5.74) is 1.22. The van der Waals surface area contributed by atoms with Crippen molar-refractivity contribution in [3.8, 4) is 5.88 Å². The molecule has 1 saturated carbocycles. The Morgan fingerprint density at radius 3 is 2.50 bits per heavy atom. The van der Waals surface area contributed by atoms with Crippen molar-refractivity contribution in [3.05, 3.63) is 59.3 Å². The van der Waals surface area contributed by atoms with Gasteiger partial charge in [0.15, 0.2) is 0 Å². The summed E-state index contributed by atoms with van der Waals surface area (Å²) in [4.78, 5) is 31.3. The van der Waals surface area contributed by atoms with Gasteiger partial charge in [-0.05, 0) is 71.6 Å². The molecule has 2 amide bonds. The molecule has 1 aromatic heterocycles. The average molecular weight is 495 g/mol. The van der Waals surface area contributed by atoms with Gasteiger partial charge in [0, 0.05) is 42.5 Å². The molecule has 4 rings (SSSR count). The van der Waals surface area contributed by atoms with Gasteiger partial charge in [-0.25, -0.2) is 4.98 Å². The zero-order valence-corrected chi connectivity index (χ0v) is 21.7. The number of nitrogens with one attached hydrogen (secondary N) is 2. The highest BCUT2D eigenvalue weighted by Gasteiger charge is 2.40. The Bertz CT molecular complexity index is 1070. The van der Waals surface area contributed by atoms with Crippen LogP contribution in [0.25, 0.3) is 0 Å². The molecule has 0 unspecified atom stereocenters. The zero-order valence-electron chi connectivity index (χ0n) is 21.7. The van der Waals surface area contributed by atoms with Gasteiger partial charge in [-0.2, -0.15) is 0 Å². The first-order valence-electron chi connectivity index (χ1n) is 12.8. The lowest BCUT2D eigenvalue weighted by Gasteiger charge is -2.48. The van der Waals surface area contributed by atoms with E-state index in [0.717, 1.165) is 37.1 Å². The summed E-state index contributed by atoms with van der Waals surface area (Å²) in [6.45, 7) is 9.42. The molecule has 1 aromatic carbocycles. The van der Waals surface area contributed by atoms with Crippen molar-refractivity contribution in [2.24, 2.45) is 0 Å². The highest BCUT2D eigenvalue weighted by molar-refractivity contribution is 5.96. The molecular weight excluding hydrogens is 456 g/mol. The predicted octanol–water partition coefficient (Wildman–Crippen LogP) is 2.93. The fraction of sp³-hybridized carbons (Fsp3) is 0.536. The van der Waals surface area contributed by atoms with Crippen molar-refractivity contribution in [3.63, 3.8) is 0 Å². The first-order valence-corrected chi connectivity index (χ1v) is 12.8. The third-order valence-electron chi connectivity index (χ3n) is 6.95. The van der Waals surface area contributed by atoms with Gasteiger partial charge in [-0.3, -0.25) is 14.5 Å². The maximum atomic E-state index is 12.3. The standard InChI is InChI=1S/C28H38N4O4/c1-19-6-5-7-20(14-19)26(34)30-16-24(33)31-22-17-32(18-22)23-10-12-28(35,13-11-23)21-8-9-25(29-15-21)36-27(2,3)4/h5-9,14-15,22-23,35H,10-13,16-18H2,1-4H3,(H,30,34)(H,31,33). The molecule has 8 heteroatoms. The van der Waals surface area contributed by atoms with Crippen molar-refractivity contribution in [1.82, 2.24) is 20.5 Å². The normalized spacial score (nSPS) is 23.0. The Kier molecular flexibility index (Phi) is 7.66. The predicted molar refractivity (Wildman–Crippen MR) is 138 cm³/mol. The summed E-state index contributed by atoms with van der Waals surface area (Å²) in [5, 5.41) is 16.9. The summed E-state index contributed by atoms with van der Waals surface area (Å²) >= 11 is 0. The minimum atomic E-state index is -0.863. The van der Waals surface area contributed by atoms with Crippen LogP contribution in [0.5, 0.6) is 5.88 Å². The van der Waals surface area contributed by atoms with Crippen LogP contribution in [0.3, 0.4) is 0 Å².